The minimum absolute atomic E-state index is 0.119. The van der Waals surface area contributed by atoms with E-state index in [1.165, 1.54) is 0 Å². The molecule has 1 fully saturated rings. The van der Waals surface area contributed by atoms with E-state index in [0.29, 0.717) is 6.42 Å². The smallest absolute Gasteiger partial charge is 0.225 e. The normalized spacial score (nSPS) is 23.0. The highest BCUT2D eigenvalue weighted by atomic mass is 28.4. The summed E-state index contributed by atoms with van der Waals surface area (Å²) in [5.41, 5.74) is 0. The minimum Gasteiger partial charge on any atom is -0.412 e. The van der Waals surface area contributed by atoms with Crippen LogP contribution in [0.1, 0.15) is 34.1 Å². The zero-order chi connectivity index (χ0) is 12.6. The van der Waals surface area contributed by atoms with Gasteiger partial charge in [0.25, 0.3) is 0 Å². The summed E-state index contributed by atoms with van der Waals surface area (Å²) in [7, 11) is -1.72. The van der Waals surface area contributed by atoms with Crippen LogP contribution in [0.25, 0.3) is 0 Å². The van der Waals surface area contributed by atoms with Crippen molar-refractivity contribution < 1.29 is 9.22 Å². The Morgan fingerprint density at radius 3 is 2.38 bits per heavy atom. The predicted octanol–water partition coefficient (Wildman–Crippen LogP) is 2.63. The van der Waals surface area contributed by atoms with Crippen LogP contribution in [0, 0.1) is 0 Å². The van der Waals surface area contributed by atoms with Gasteiger partial charge < -0.3 is 9.33 Å². The molecule has 0 aliphatic carbocycles. The van der Waals surface area contributed by atoms with Crippen LogP contribution in [-0.4, -0.2) is 38.3 Å². The molecule has 0 aromatic carbocycles. The summed E-state index contributed by atoms with van der Waals surface area (Å²) in [6, 6.07) is 0. The molecule has 0 N–H and O–H groups in total. The van der Waals surface area contributed by atoms with E-state index in [2.05, 4.69) is 33.9 Å². The topological polar surface area (TPSA) is 29.5 Å². The van der Waals surface area contributed by atoms with Crippen molar-refractivity contribution in [3.05, 3.63) is 0 Å². The van der Waals surface area contributed by atoms with Gasteiger partial charge in [0.05, 0.1) is 12.5 Å². The zero-order valence-electron chi connectivity index (χ0n) is 11.5. The molecular formula is C12H25NO2Si. The molecule has 1 atom stereocenters. The van der Waals surface area contributed by atoms with Crippen LogP contribution in [0.3, 0.4) is 0 Å². The van der Waals surface area contributed by atoms with E-state index in [9.17, 15) is 4.79 Å². The summed E-state index contributed by atoms with van der Waals surface area (Å²) >= 11 is 0. The van der Waals surface area contributed by atoms with E-state index in [4.69, 9.17) is 4.43 Å². The Balaban J connectivity index is 2.60. The third-order valence-corrected chi connectivity index (χ3v) is 8.36. The Labute approximate surface area is 100 Å². The highest BCUT2D eigenvalue weighted by Gasteiger charge is 2.41. The van der Waals surface area contributed by atoms with Gasteiger partial charge >= 0.3 is 0 Å². The average Bonchev–Trinajstić information content (AvgIpc) is 2.43. The van der Waals surface area contributed by atoms with E-state index >= 15 is 0 Å². The fourth-order valence-corrected chi connectivity index (χ4v) is 3.06. The van der Waals surface area contributed by atoms with Crippen LogP contribution in [0.4, 0.5) is 0 Å². The standard InChI is InChI=1S/C12H25NO2Si/c1-7-13-9-10(8-11(13)14)15-16(5,6)12(2,3)4/h10H,7-9H2,1-6H3/t10-/m1/s1. The lowest BCUT2D eigenvalue weighted by Crippen LogP contribution is -2.44. The van der Waals surface area contributed by atoms with Gasteiger partial charge in [-0.2, -0.15) is 0 Å². The van der Waals surface area contributed by atoms with E-state index < -0.39 is 8.32 Å². The molecule has 0 aromatic heterocycles. The van der Waals surface area contributed by atoms with Crippen LogP contribution >= 0.6 is 0 Å². The lowest BCUT2D eigenvalue weighted by molar-refractivity contribution is -0.127. The second-order valence-corrected chi connectivity index (χ2v) is 10.9. The molecular weight excluding hydrogens is 218 g/mol. The van der Waals surface area contributed by atoms with Gasteiger partial charge in [-0.15, -0.1) is 0 Å². The molecule has 1 aliphatic rings. The zero-order valence-corrected chi connectivity index (χ0v) is 12.5. The lowest BCUT2D eigenvalue weighted by atomic mass is 10.2. The number of hydrogen-bond acceptors (Lipinski definition) is 2. The molecule has 1 aliphatic heterocycles. The van der Waals surface area contributed by atoms with Gasteiger partial charge in [0, 0.05) is 13.1 Å². The Hall–Kier alpha value is -0.353. The molecule has 0 radical (unpaired) electrons. The predicted molar refractivity (Wildman–Crippen MR) is 68.9 cm³/mol. The van der Waals surface area contributed by atoms with Crippen molar-refractivity contribution in [1.29, 1.82) is 0 Å². The van der Waals surface area contributed by atoms with Crippen molar-refractivity contribution in [2.45, 2.75) is 58.4 Å². The van der Waals surface area contributed by atoms with Gasteiger partial charge in [-0.3, -0.25) is 4.79 Å². The number of carbonyl (C=O) groups is 1. The Morgan fingerprint density at radius 1 is 1.44 bits per heavy atom. The third kappa shape index (κ3) is 2.86. The fourth-order valence-electron chi connectivity index (χ4n) is 1.71. The molecule has 1 amide bonds. The Morgan fingerprint density at radius 2 is 2.00 bits per heavy atom. The van der Waals surface area contributed by atoms with E-state index in [-0.39, 0.29) is 17.0 Å². The first-order valence-corrected chi connectivity index (χ1v) is 9.04. The summed E-state index contributed by atoms with van der Waals surface area (Å²) in [5.74, 6) is 0.242. The van der Waals surface area contributed by atoms with Crippen molar-refractivity contribution in [3.63, 3.8) is 0 Å². The van der Waals surface area contributed by atoms with Crippen LogP contribution in [0.2, 0.25) is 18.1 Å². The quantitative estimate of drug-likeness (QED) is 0.713. The van der Waals surface area contributed by atoms with Gasteiger partial charge in [0.15, 0.2) is 8.32 Å². The second-order valence-electron chi connectivity index (χ2n) is 6.14. The van der Waals surface area contributed by atoms with Crippen molar-refractivity contribution in [2.24, 2.45) is 0 Å². The molecule has 3 nitrogen and oxygen atoms in total. The fraction of sp³-hybridized carbons (Fsp3) is 0.917. The second kappa shape index (κ2) is 4.49. The molecule has 1 rings (SSSR count). The largest absolute Gasteiger partial charge is 0.412 e. The SMILES string of the molecule is CCN1C[C@H](O[Si](C)(C)C(C)(C)C)CC1=O. The first-order valence-electron chi connectivity index (χ1n) is 6.13. The highest BCUT2D eigenvalue weighted by Crippen LogP contribution is 2.38. The maximum atomic E-state index is 11.6. The molecule has 0 spiro atoms. The molecule has 16 heavy (non-hydrogen) atoms. The average molecular weight is 243 g/mol. The first-order chi connectivity index (χ1) is 7.17. The Bertz CT molecular complexity index is 271. The number of nitrogens with zero attached hydrogens (tertiary/aromatic N) is 1. The number of hydrogen-bond donors (Lipinski definition) is 0. The monoisotopic (exact) mass is 243 g/mol. The van der Waals surface area contributed by atoms with Crippen molar-refractivity contribution in [2.75, 3.05) is 13.1 Å². The van der Waals surface area contributed by atoms with Crippen molar-refractivity contribution >= 4 is 14.2 Å². The minimum atomic E-state index is -1.72. The van der Waals surface area contributed by atoms with Gasteiger partial charge in [-0.05, 0) is 25.1 Å². The van der Waals surface area contributed by atoms with Crippen molar-refractivity contribution in [3.8, 4) is 0 Å². The summed E-state index contributed by atoms with van der Waals surface area (Å²) in [6.07, 6.45) is 0.689. The number of amides is 1. The van der Waals surface area contributed by atoms with Crippen LogP contribution < -0.4 is 0 Å². The van der Waals surface area contributed by atoms with Gasteiger partial charge in [0.2, 0.25) is 5.91 Å². The number of likely N-dealkylation sites (N-methyl/N-ethyl adjacent to an activating group) is 1. The molecule has 94 valence electrons. The summed E-state index contributed by atoms with van der Waals surface area (Å²) in [6.45, 7) is 14.8. The summed E-state index contributed by atoms with van der Waals surface area (Å²) < 4.78 is 6.24. The molecule has 1 saturated heterocycles. The maximum Gasteiger partial charge on any atom is 0.225 e. The number of carbonyl (C=O) groups excluding carboxylic acids is 1. The summed E-state index contributed by atoms with van der Waals surface area (Å²) in [4.78, 5) is 13.5. The number of rotatable bonds is 3. The summed E-state index contributed by atoms with van der Waals surface area (Å²) in [5, 5.41) is 0.218. The first kappa shape index (κ1) is 13.7. The maximum absolute atomic E-state index is 11.6. The van der Waals surface area contributed by atoms with Crippen LogP contribution in [0.15, 0.2) is 0 Å². The van der Waals surface area contributed by atoms with Crippen LogP contribution in [0.5, 0.6) is 0 Å². The van der Waals surface area contributed by atoms with Gasteiger partial charge in [-0.1, -0.05) is 20.8 Å². The lowest BCUT2D eigenvalue weighted by Gasteiger charge is -2.38. The van der Waals surface area contributed by atoms with E-state index in [1.807, 2.05) is 11.8 Å². The van der Waals surface area contributed by atoms with Gasteiger partial charge in [0.1, 0.15) is 0 Å². The highest BCUT2D eigenvalue weighted by molar-refractivity contribution is 6.74. The van der Waals surface area contributed by atoms with Crippen LogP contribution in [-0.2, 0) is 9.22 Å². The van der Waals surface area contributed by atoms with E-state index in [0.717, 1.165) is 13.1 Å². The Kier molecular flexibility index (Phi) is 3.85. The molecule has 1 heterocycles. The van der Waals surface area contributed by atoms with Crippen molar-refractivity contribution in [1.82, 2.24) is 4.90 Å². The third-order valence-electron chi connectivity index (χ3n) is 3.83. The molecule has 0 bridgehead atoms. The number of likely N-dealkylation sites (tertiary alicyclic amines) is 1. The molecule has 4 heteroatoms. The molecule has 0 aromatic rings. The van der Waals surface area contributed by atoms with E-state index in [1.54, 1.807) is 0 Å². The van der Waals surface area contributed by atoms with Gasteiger partial charge in [-0.25, -0.2) is 0 Å². The molecule has 0 saturated carbocycles. The molecule has 0 unspecified atom stereocenters.